The molecule has 1 heterocycles. The summed E-state index contributed by atoms with van der Waals surface area (Å²) in [7, 11) is 0. The highest BCUT2D eigenvalue weighted by Crippen LogP contribution is 2.40. The molecule has 5 nitrogen and oxygen atoms in total. The van der Waals surface area contributed by atoms with Gasteiger partial charge in [0, 0.05) is 6.07 Å². The number of nitrogens with zero attached hydrogens (tertiary/aromatic N) is 1. The van der Waals surface area contributed by atoms with Gasteiger partial charge >= 0.3 is 5.69 Å². The van der Waals surface area contributed by atoms with Crippen LogP contribution in [-0.2, 0) is 0 Å². The number of aryl methyl sites for hydroxylation is 1. The van der Waals surface area contributed by atoms with Crippen LogP contribution in [0.5, 0.6) is 10.8 Å². The fraction of sp³-hybridized carbons (Fsp3) is 0.154. The molecule has 0 saturated carbocycles. The molecule has 0 bridgehead atoms. The Kier molecular flexibility index (Phi) is 3.80. The lowest BCUT2D eigenvalue weighted by atomic mass is 10.2. The van der Waals surface area contributed by atoms with Gasteiger partial charge in [-0.1, -0.05) is 23.5 Å². The molecule has 0 spiro atoms. The molecule has 0 saturated heterocycles. The van der Waals surface area contributed by atoms with E-state index in [-0.39, 0.29) is 27.2 Å². The number of ketones is 1. The van der Waals surface area contributed by atoms with Crippen LogP contribution in [0.4, 0.5) is 10.1 Å². The molecular weight excluding hydrogens is 285 g/mol. The third-order valence-corrected chi connectivity index (χ3v) is 3.69. The quantitative estimate of drug-likeness (QED) is 0.484. The molecule has 0 N–H and O–H groups in total. The SMILES string of the molecule is CC(=O)c1cc([N+](=O)[O-])c(Oc2cccc(C)c2F)s1. The molecule has 0 atom stereocenters. The first kappa shape index (κ1) is 14.1. The van der Waals surface area contributed by atoms with Gasteiger partial charge in [0.2, 0.25) is 0 Å². The van der Waals surface area contributed by atoms with Crippen LogP contribution in [0.25, 0.3) is 0 Å². The van der Waals surface area contributed by atoms with E-state index in [1.165, 1.54) is 13.0 Å². The van der Waals surface area contributed by atoms with Gasteiger partial charge in [0.15, 0.2) is 17.3 Å². The minimum Gasteiger partial charge on any atom is -0.437 e. The summed E-state index contributed by atoms with van der Waals surface area (Å²) in [5, 5.41) is 10.8. The van der Waals surface area contributed by atoms with Gasteiger partial charge in [0.1, 0.15) is 0 Å². The third-order valence-electron chi connectivity index (χ3n) is 2.58. The molecule has 0 fully saturated rings. The Balaban J connectivity index is 2.45. The van der Waals surface area contributed by atoms with Gasteiger partial charge in [0.05, 0.1) is 9.80 Å². The number of thiophene rings is 1. The molecular formula is C13H10FNO4S. The minimum atomic E-state index is -0.661. The number of Topliss-reactive ketones (excluding diaryl/α,β-unsaturated/α-hetero) is 1. The number of hydrogen-bond acceptors (Lipinski definition) is 5. The van der Waals surface area contributed by atoms with Crippen molar-refractivity contribution < 1.29 is 18.8 Å². The van der Waals surface area contributed by atoms with Crippen molar-refractivity contribution in [3.05, 3.63) is 50.6 Å². The molecule has 0 aliphatic heterocycles. The Morgan fingerprint density at radius 3 is 2.75 bits per heavy atom. The van der Waals surface area contributed by atoms with Gasteiger partial charge in [-0.25, -0.2) is 4.39 Å². The summed E-state index contributed by atoms with van der Waals surface area (Å²) in [6, 6.07) is 5.65. The van der Waals surface area contributed by atoms with E-state index >= 15 is 0 Å². The first-order valence-corrected chi connectivity index (χ1v) is 6.44. The van der Waals surface area contributed by atoms with Crippen LogP contribution in [0.1, 0.15) is 22.2 Å². The third kappa shape index (κ3) is 2.67. The van der Waals surface area contributed by atoms with E-state index in [1.54, 1.807) is 19.1 Å². The monoisotopic (exact) mass is 295 g/mol. The number of rotatable bonds is 4. The molecule has 0 aliphatic carbocycles. The largest absolute Gasteiger partial charge is 0.437 e. The van der Waals surface area contributed by atoms with Crippen LogP contribution in [-0.4, -0.2) is 10.7 Å². The second-order valence-electron chi connectivity index (χ2n) is 4.09. The average molecular weight is 295 g/mol. The Labute approximate surface area is 117 Å². The Morgan fingerprint density at radius 2 is 2.15 bits per heavy atom. The van der Waals surface area contributed by atoms with Crippen molar-refractivity contribution in [1.29, 1.82) is 0 Å². The molecule has 1 aromatic carbocycles. The summed E-state index contributed by atoms with van der Waals surface area (Å²) in [6.45, 7) is 2.86. The number of ether oxygens (including phenoxy) is 1. The number of hydrogen-bond donors (Lipinski definition) is 0. The van der Waals surface area contributed by atoms with Crippen LogP contribution in [0.15, 0.2) is 24.3 Å². The van der Waals surface area contributed by atoms with Crippen LogP contribution < -0.4 is 4.74 Å². The summed E-state index contributed by atoms with van der Waals surface area (Å²) in [6.07, 6.45) is 0. The van der Waals surface area contributed by atoms with E-state index in [0.717, 1.165) is 17.4 Å². The zero-order chi connectivity index (χ0) is 14.9. The summed E-state index contributed by atoms with van der Waals surface area (Å²) in [5.41, 5.74) is 0.0228. The lowest BCUT2D eigenvalue weighted by Gasteiger charge is -2.05. The van der Waals surface area contributed by atoms with Crippen molar-refractivity contribution in [2.24, 2.45) is 0 Å². The molecule has 1 aromatic heterocycles. The van der Waals surface area contributed by atoms with E-state index in [1.807, 2.05) is 0 Å². The first-order valence-electron chi connectivity index (χ1n) is 5.62. The van der Waals surface area contributed by atoms with E-state index in [0.29, 0.717) is 5.56 Å². The zero-order valence-corrected chi connectivity index (χ0v) is 11.5. The van der Waals surface area contributed by atoms with Crippen molar-refractivity contribution >= 4 is 22.8 Å². The predicted molar refractivity (Wildman–Crippen MR) is 72.2 cm³/mol. The number of halogens is 1. The Morgan fingerprint density at radius 1 is 1.45 bits per heavy atom. The maximum Gasteiger partial charge on any atom is 0.323 e. The van der Waals surface area contributed by atoms with Gasteiger partial charge in [-0.05, 0) is 25.5 Å². The molecule has 2 aromatic rings. The van der Waals surface area contributed by atoms with Crippen LogP contribution >= 0.6 is 11.3 Å². The Hall–Kier alpha value is -2.28. The van der Waals surface area contributed by atoms with Gasteiger partial charge in [0.25, 0.3) is 5.06 Å². The van der Waals surface area contributed by atoms with E-state index in [4.69, 9.17) is 4.74 Å². The van der Waals surface area contributed by atoms with Crippen molar-refractivity contribution in [1.82, 2.24) is 0 Å². The highest BCUT2D eigenvalue weighted by atomic mass is 32.1. The lowest BCUT2D eigenvalue weighted by molar-refractivity contribution is -0.385. The van der Waals surface area contributed by atoms with Gasteiger partial charge in [-0.15, -0.1) is 0 Å². The van der Waals surface area contributed by atoms with Crippen LogP contribution in [0, 0.1) is 22.9 Å². The molecule has 7 heteroatoms. The molecule has 2 rings (SSSR count). The number of carbonyl (C=O) groups is 1. The number of carbonyl (C=O) groups excluding carboxylic acids is 1. The maximum absolute atomic E-state index is 13.8. The standard InChI is InChI=1S/C13H10FNO4S/c1-7-4-3-5-10(12(7)14)19-13-9(15(17)18)6-11(20-13)8(2)16/h3-6H,1-2H3. The smallest absolute Gasteiger partial charge is 0.323 e. The fourth-order valence-electron chi connectivity index (χ4n) is 1.54. The van der Waals surface area contributed by atoms with Crippen molar-refractivity contribution in [2.75, 3.05) is 0 Å². The molecule has 0 amide bonds. The fourth-order valence-corrected chi connectivity index (χ4v) is 2.42. The predicted octanol–water partition coefficient (Wildman–Crippen LogP) is 4.10. The van der Waals surface area contributed by atoms with Gasteiger partial charge in [-0.3, -0.25) is 14.9 Å². The number of nitro groups is 1. The molecule has 0 unspecified atom stereocenters. The van der Waals surface area contributed by atoms with Crippen molar-refractivity contribution in [3.63, 3.8) is 0 Å². The molecule has 20 heavy (non-hydrogen) atoms. The Bertz CT molecular complexity index is 696. The maximum atomic E-state index is 13.8. The summed E-state index contributed by atoms with van der Waals surface area (Å²) >= 11 is 0.825. The highest BCUT2D eigenvalue weighted by Gasteiger charge is 2.24. The summed E-state index contributed by atoms with van der Waals surface area (Å²) in [4.78, 5) is 21.7. The normalized spacial score (nSPS) is 10.3. The van der Waals surface area contributed by atoms with Crippen LogP contribution in [0.3, 0.4) is 0 Å². The van der Waals surface area contributed by atoms with Crippen molar-refractivity contribution in [3.8, 4) is 10.8 Å². The van der Waals surface area contributed by atoms with E-state index in [9.17, 15) is 19.3 Å². The van der Waals surface area contributed by atoms with E-state index < -0.39 is 10.7 Å². The van der Waals surface area contributed by atoms with Gasteiger partial charge < -0.3 is 4.74 Å². The highest BCUT2D eigenvalue weighted by molar-refractivity contribution is 7.16. The topological polar surface area (TPSA) is 69.4 Å². The van der Waals surface area contributed by atoms with Gasteiger partial charge in [-0.2, -0.15) is 0 Å². The lowest BCUT2D eigenvalue weighted by Crippen LogP contribution is -1.92. The zero-order valence-electron chi connectivity index (χ0n) is 10.7. The van der Waals surface area contributed by atoms with Crippen LogP contribution in [0.2, 0.25) is 0 Å². The summed E-state index contributed by atoms with van der Waals surface area (Å²) < 4.78 is 19.1. The minimum absolute atomic E-state index is 0.106. The number of benzene rings is 1. The second-order valence-corrected chi connectivity index (χ2v) is 5.10. The molecule has 104 valence electrons. The molecule has 0 aliphatic rings. The van der Waals surface area contributed by atoms with E-state index in [2.05, 4.69) is 0 Å². The molecule has 0 radical (unpaired) electrons. The second kappa shape index (κ2) is 5.38. The average Bonchev–Trinajstić information content (AvgIpc) is 2.79. The van der Waals surface area contributed by atoms with Crippen molar-refractivity contribution in [2.45, 2.75) is 13.8 Å². The first-order chi connectivity index (χ1) is 9.40. The summed E-state index contributed by atoms with van der Waals surface area (Å²) in [5.74, 6) is -0.998.